The van der Waals surface area contributed by atoms with Crippen LogP contribution in [0, 0.1) is 0 Å². The summed E-state index contributed by atoms with van der Waals surface area (Å²) in [5.41, 5.74) is 0. The van der Waals surface area contributed by atoms with Crippen LogP contribution in [0.1, 0.15) is 31.1 Å². The first-order chi connectivity index (χ1) is 7.75. The zero-order valence-corrected chi connectivity index (χ0v) is 10.4. The van der Waals surface area contributed by atoms with Crippen molar-refractivity contribution < 1.29 is 4.79 Å². The first-order valence-corrected chi connectivity index (χ1v) is 6.61. The van der Waals surface area contributed by atoms with Crippen molar-refractivity contribution in [3.05, 3.63) is 23.1 Å². The highest BCUT2D eigenvalue weighted by Gasteiger charge is 2.12. The lowest BCUT2D eigenvalue weighted by Crippen LogP contribution is -2.28. The van der Waals surface area contributed by atoms with Crippen molar-refractivity contribution in [1.29, 1.82) is 0 Å². The van der Waals surface area contributed by atoms with E-state index in [-0.39, 0.29) is 5.78 Å². The molecule has 0 unspecified atom stereocenters. The molecule has 3 heteroatoms. The minimum Gasteiger partial charge on any atom is -0.363 e. The summed E-state index contributed by atoms with van der Waals surface area (Å²) in [5.74, 6) is 0.105. The smallest absolute Gasteiger partial charge is 0.152 e. The molecule has 1 aromatic rings. The van der Waals surface area contributed by atoms with Gasteiger partial charge in [0.05, 0.1) is 5.00 Å². The SMILES string of the molecule is CC(=O)C=Cc1ccc(N2CCCCC2)s1. The maximum atomic E-state index is 10.8. The fourth-order valence-corrected chi connectivity index (χ4v) is 2.88. The van der Waals surface area contributed by atoms with E-state index in [1.165, 1.54) is 37.4 Å². The summed E-state index contributed by atoms with van der Waals surface area (Å²) in [6, 6.07) is 4.25. The number of anilines is 1. The van der Waals surface area contributed by atoms with Gasteiger partial charge >= 0.3 is 0 Å². The van der Waals surface area contributed by atoms with E-state index in [0.717, 1.165) is 4.88 Å². The van der Waals surface area contributed by atoms with Gasteiger partial charge in [-0.25, -0.2) is 0 Å². The van der Waals surface area contributed by atoms with Crippen LogP contribution in [0.5, 0.6) is 0 Å². The molecule has 2 heterocycles. The lowest BCUT2D eigenvalue weighted by Gasteiger charge is -2.27. The summed E-state index contributed by atoms with van der Waals surface area (Å²) in [7, 11) is 0. The molecule has 2 rings (SSSR count). The molecule has 0 radical (unpaired) electrons. The van der Waals surface area contributed by atoms with Gasteiger partial charge in [-0.1, -0.05) is 0 Å². The average molecular weight is 235 g/mol. The second kappa shape index (κ2) is 5.30. The van der Waals surface area contributed by atoms with Crippen LogP contribution >= 0.6 is 11.3 Å². The number of hydrogen-bond acceptors (Lipinski definition) is 3. The summed E-state index contributed by atoms with van der Waals surface area (Å²) < 4.78 is 0. The molecule has 0 atom stereocenters. The highest BCUT2D eigenvalue weighted by atomic mass is 32.1. The molecular weight excluding hydrogens is 218 g/mol. The zero-order valence-electron chi connectivity index (χ0n) is 9.61. The quantitative estimate of drug-likeness (QED) is 0.749. The fourth-order valence-electron chi connectivity index (χ4n) is 1.92. The topological polar surface area (TPSA) is 20.3 Å². The number of carbonyl (C=O) groups excluding carboxylic acids is 1. The second-order valence-electron chi connectivity index (χ2n) is 4.17. The van der Waals surface area contributed by atoms with Crippen LogP contribution in [-0.2, 0) is 4.79 Å². The van der Waals surface area contributed by atoms with Gasteiger partial charge in [0.1, 0.15) is 0 Å². The molecular formula is C13H17NOS. The number of allylic oxidation sites excluding steroid dienone is 1. The van der Waals surface area contributed by atoms with Crippen LogP contribution < -0.4 is 4.90 Å². The molecule has 1 aliphatic rings. The summed E-state index contributed by atoms with van der Waals surface area (Å²) in [4.78, 5) is 14.4. The van der Waals surface area contributed by atoms with E-state index in [9.17, 15) is 4.79 Å². The van der Waals surface area contributed by atoms with E-state index in [2.05, 4.69) is 17.0 Å². The molecule has 86 valence electrons. The van der Waals surface area contributed by atoms with E-state index in [4.69, 9.17) is 0 Å². The van der Waals surface area contributed by atoms with Gasteiger partial charge in [-0.15, -0.1) is 11.3 Å². The van der Waals surface area contributed by atoms with Crippen LogP contribution in [0.15, 0.2) is 18.2 Å². The molecule has 16 heavy (non-hydrogen) atoms. The Hall–Kier alpha value is -1.09. The van der Waals surface area contributed by atoms with Gasteiger partial charge in [-0.3, -0.25) is 4.79 Å². The fraction of sp³-hybridized carbons (Fsp3) is 0.462. The molecule has 1 aromatic heterocycles. The molecule has 0 aliphatic carbocycles. The predicted octanol–water partition coefficient (Wildman–Crippen LogP) is 3.34. The third kappa shape index (κ3) is 2.95. The Morgan fingerprint density at radius 1 is 1.31 bits per heavy atom. The largest absolute Gasteiger partial charge is 0.363 e. The summed E-state index contributed by atoms with van der Waals surface area (Å²) in [6.45, 7) is 3.93. The number of piperidine rings is 1. The van der Waals surface area contributed by atoms with Gasteiger partial charge < -0.3 is 4.90 Å². The first-order valence-electron chi connectivity index (χ1n) is 5.79. The molecule has 1 fully saturated rings. The number of hydrogen-bond donors (Lipinski definition) is 0. The average Bonchev–Trinajstić information content (AvgIpc) is 2.76. The molecule has 0 amide bonds. The maximum absolute atomic E-state index is 10.8. The van der Waals surface area contributed by atoms with Gasteiger partial charge in [0.25, 0.3) is 0 Å². The van der Waals surface area contributed by atoms with Crippen molar-refractivity contribution in [2.75, 3.05) is 18.0 Å². The zero-order chi connectivity index (χ0) is 11.4. The highest BCUT2D eigenvalue weighted by Crippen LogP contribution is 2.29. The molecule has 1 aliphatic heterocycles. The summed E-state index contributed by atoms with van der Waals surface area (Å²) in [5, 5.41) is 1.34. The van der Waals surface area contributed by atoms with E-state index < -0.39 is 0 Å². The van der Waals surface area contributed by atoms with Crippen LogP contribution in [0.4, 0.5) is 5.00 Å². The van der Waals surface area contributed by atoms with Gasteiger partial charge in [0, 0.05) is 18.0 Å². The number of thiophene rings is 1. The Labute approximate surface area is 101 Å². The normalized spacial score (nSPS) is 16.9. The van der Waals surface area contributed by atoms with Crippen LogP contribution in [0.25, 0.3) is 6.08 Å². The van der Waals surface area contributed by atoms with Crippen molar-refractivity contribution >= 4 is 28.2 Å². The van der Waals surface area contributed by atoms with E-state index in [1.807, 2.05) is 6.08 Å². The van der Waals surface area contributed by atoms with Crippen LogP contribution in [0.3, 0.4) is 0 Å². The molecule has 2 nitrogen and oxygen atoms in total. The van der Waals surface area contributed by atoms with Crippen molar-refractivity contribution in [3.8, 4) is 0 Å². The Kier molecular flexibility index (Phi) is 3.78. The second-order valence-corrected chi connectivity index (χ2v) is 5.26. The molecule has 1 saturated heterocycles. The lowest BCUT2D eigenvalue weighted by molar-refractivity contribution is -0.112. The molecule has 0 saturated carbocycles. The Bertz CT molecular complexity index is 388. The van der Waals surface area contributed by atoms with Crippen LogP contribution in [0.2, 0.25) is 0 Å². The minimum absolute atomic E-state index is 0.105. The number of nitrogens with zero attached hydrogens (tertiary/aromatic N) is 1. The van der Waals surface area contributed by atoms with Gasteiger partial charge in [-0.05, 0) is 50.5 Å². The highest BCUT2D eigenvalue weighted by molar-refractivity contribution is 7.16. The molecule has 0 bridgehead atoms. The Morgan fingerprint density at radius 3 is 2.75 bits per heavy atom. The number of rotatable bonds is 3. The first kappa shape index (κ1) is 11.4. The minimum atomic E-state index is 0.105. The van der Waals surface area contributed by atoms with Crippen LogP contribution in [-0.4, -0.2) is 18.9 Å². The molecule has 0 aromatic carbocycles. The van der Waals surface area contributed by atoms with Crippen molar-refractivity contribution in [3.63, 3.8) is 0 Å². The van der Waals surface area contributed by atoms with Gasteiger partial charge in [0.15, 0.2) is 5.78 Å². The van der Waals surface area contributed by atoms with Crippen molar-refractivity contribution in [1.82, 2.24) is 0 Å². The monoisotopic (exact) mass is 235 g/mol. The third-order valence-corrected chi connectivity index (χ3v) is 3.87. The standard InChI is InChI=1S/C13H17NOS/c1-11(15)5-6-12-7-8-13(16-12)14-9-3-2-4-10-14/h5-8H,2-4,9-10H2,1H3. The van der Waals surface area contributed by atoms with Crippen molar-refractivity contribution in [2.24, 2.45) is 0 Å². The van der Waals surface area contributed by atoms with E-state index in [1.54, 1.807) is 24.3 Å². The van der Waals surface area contributed by atoms with Gasteiger partial charge in [0.2, 0.25) is 0 Å². The van der Waals surface area contributed by atoms with E-state index in [0.29, 0.717) is 0 Å². The summed E-state index contributed by atoms with van der Waals surface area (Å²) in [6.07, 6.45) is 7.50. The van der Waals surface area contributed by atoms with E-state index >= 15 is 0 Å². The van der Waals surface area contributed by atoms with Gasteiger partial charge in [-0.2, -0.15) is 0 Å². The number of carbonyl (C=O) groups is 1. The van der Waals surface area contributed by atoms with Crippen molar-refractivity contribution in [2.45, 2.75) is 26.2 Å². The Morgan fingerprint density at radius 2 is 2.06 bits per heavy atom. The predicted molar refractivity (Wildman–Crippen MR) is 70.1 cm³/mol. The maximum Gasteiger partial charge on any atom is 0.152 e. The Balaban J connectivity index is 2.03. The molecule has 0 N–H and O–H groups in total. The third-order valence-electron chi connectivity index (χ3n) is 2.76. The lowest BCUT2D eigenvalue weighted by atomic mass is 10.1. The summed E-state index contributed by atoms with van der Waals surface area (Å²) >= 11 is 1.77. The molecule has 0 spiro atoms. The number of ketones is 1.